The number of carbonyl (C=O) groups excluding carboxylic acids is 1. The van der Waals surface area contributed by atoms with E-state index in [9.17, 15) is 14.9 Å². The number of amides is 1. The highest BCUT2D eigenvalue weighted by Crippen LogP contribution is 2.27. The van der Waals surface area contributed by atoms with Crippen LogP contribution in [0.25, 0.3) is 0 Å². The Morgan fingerprint density at radius 1 is 1.43 bits per heavy atom. The summed E-state index contributed by atoms with van der Waals surface area (Å²) in [6, 6.07) is 5.75. The van der Waals surface area contributed by atoms with Crippen LogP contribution in [0.5, 0.6) is 0 Å². The number of benzene rings is 1. The first-order valence-corrected chi connectivity index (χ1v) is 7.86. The number of carbonyl (C=O) groups is 1. The molecule has 0 aliphatic rings. The lowest BCUT2D eigenvalue weighted by atomic mass is 10.3. The topological polar surface area (TPSA) is 85.1 Å². The van der Waals surface area contributed by atoms with Crippen LogP contribution >= 0.6 is 23.1 Å². The second-order valence-corrected chi connectivity index (χ2v) is 6.75. The third-order valence-corrected chi connectivity index (χ3v) is 4.78. The predicted molar refractivity (Wildman–Crippen MR) is 83.9 cm³/mol. The van der Waals surface area contributed by atoms with Gasteiger partial charge in [0.25, 0.3) is 5.69 Å². The minimum atomic E-state index is -0.477. The molecule has 21 heavy (non-hydrogen) atoms. The maximum absolute atomic E-state index is 12.1. The molecule has 0 saturated carbocycles. The summed E-state index contributed by atoms with van der Waals surface area (Å²) in [6.07, 6.45) is 0. The first-order chi connectivity index (χ1) is 9.95. The number of aryl methyl sites for hydroxylation is 1. The van der Waals surface area contributed by atoms with Crippen molar-refractivity contribution in [1.82, 2.24) is 4.98 Å². The summed E-state index contributed by atoms with van der Waals surface area (Å²) in [4.78, 5) is 26.4. The Bertz CT molecular complexity index is 655. The van der Waals surface area contributed by atoms with Crippen molar-refractivity contribution in [3.8, 4) is 0 Å². The third kappa shape index (κ3) is 4.27. The van der Waals surface area contributed by atoms with Crippen molar-refractivity contribution in [2.75, 3.05) is 5.32 Å². The molecule has 1 unspecified atom stereocenters. The number of thiazole rings is 1. The molecule has 1 amide bonds. The molecule has 8 heteroatoms. The lowest BCUT2D eigenvalue weighted by Gasteiger charge is -2.10. The molecule has 0 bridgehead atoms. The minimum Gasteiger partial charge on any atom is -0.325 e. The van der Waals surface area contributed by atoms with Gasteiger partial charge in [-0.1, -0.05) is 11.8 Å². The molecule has 6 nitrogen and oxygen atoms in total. The van der Waals surface area contributed by atoms with Gasteiger partial charge in [0.2, 0.25) is 5.91 Å². The number of rotatable bonds is 5. The van der Waals surface area contributed by atoms with E-state index in [1.54, 1.807) is 6.92 Å². The van der Waals surface area contributed by atoms with Gasteiger partial charge in [0.1, 0.15) is 0 Å². The molecular weight excluding hydrogens is 310 g/mol. The van der Waals surface area contributed by atoms with Crippen LogP contribution in [0, 0.1) is 17.0 Å². The van der Waals surface area contributed by atoms with Crippen LogP contribution in [0.3, 0.4) is 0 Å². The van der Waals surface area contributed by atoms with Gasteiger partial charge in [-0.2, -0.15) is 0 Å². The molecule has 1 aromatic heterocycles. The summed E-state index contributed by atoms with van der Waals surface area (Å²) in [5, 5.41) is 14.9. The molecule has 1 aromatic carbocycles. The highest BCUT2D eigenvalue weighted by atomic mass is 32.2. The number of hydrogen-bond acceptors (Lipinski definition) is 6. The van der Waals surface area contributed by atoms with Crippen LogP contribution in [0.2, 0.25) is 0 Å². The summed E-state index contributed by atoms with van der Waals surface area (Å²) in [7, 11) is 0. The van der Waals surface area contributed by atoms with Gasteiger partial charge in [-0.05, 0) is 26.0 Å². The Balaban J connectivity index is 1.95. The van der Waals surface area contributed by atoms with Gasteiger partial charge in [-0.25, -0.2) is 4.98 Å². The molecule has 0 aliphatic heterocycles. The number of nitro groups is 1. The zero-order chi connectivity index (χ0) is 15.4. The highest BCUT2D eigenvalue weighted by Gasteiger charge is 2.16. The highest BCUT2D eigenvalue weighted by molar-refractivity contribution is 8.02. The molecule has 1 heterocycles. The molecule has 110 valence electrons. The Morgan fingerprint density at radius 3 is 2.62 bits per heavy atom. The molecule has 0 saturated heterocycles. The van der Waals surface area contributed by atoms with E-state index in [1.165, 1.54) is 47.4 Å². The number of thioether (sulfide) groups is 1. The smallest absolute Gasteiger partial charge is 0.269 e. The summed E-state index contributed by atoms with van der Waals surface area (Å²) < 4.78 is 0.846. The quantitative estimate of drug-likeness (QED) is 0.517. The second kappa shape index (κ2) is 6.68. The number of non-ortho nitro benzene ring substituents is 1. The van der Waals surface area contributed by atoms with Crippen molar-refractivity contribution < 1.29 is 9.72 Å². The standard InChI is InChI=1S/C13H13N3O3S2/c1-8-7-20-13(14-8)21-9(2)12(17)15-10-3-5-11(6-4-10)16(18)19/h3-7,9H,1-2H3,(H,15,17). The molecule has 2 aromatic rings. The van der Waals surface area contributed by atoms with Crippen LogP contribution in [0.1, 0.15) is 12.6 Å². The number of hydrogen-bond donors (Lipinski definition) is 1. The Kier molecular flexibility index (Phi) is 4.92. The van der Waals surface area contributed by atoms with Gasteiger partial charge in [0.05, 0.1) is 10.2 Å². The van der Waals surface area contributed by atoms with Crippen molar-refractivity contribution in [3.63, 3.8) is 0 Å². The summed E-state index contributed by atoms with van der Waals surface area (Å²) in [5.74, 6) is -0.165. The lowest BCUT2D eigenvalue weighted by Crippen LogP contribution is -2.22. The van der Waals surface area contributed by atoms with Crippen molar-refractivity contribution >= 4 is 40.4 Å². The van der Waals surface area contributed by atoms with Crippen LogP contribution < -0.4 is 5.32 Å². The molecule has 0 spiro atoms. The molecule has 0 aliphatic carbocycles. The van der Waals surface area contributed by atoms with Gasteiger partial charge in [0, 0.05) is 28.9 Å². The number of nitrogens with zero attached hydrogens (tertiary/aromatic N) is 2. The molecular formula is C13H13N3O3S2. The van der Waals surface area contributed by atoms with Crippen LogP contribution in [0.4, 0.5) is 11.4 Å². The van der Waals surface area contributed by atoms with Gasteiger partial charge < -0.3 is 5.32 Å². The zero-order valence-electron chi connectivity index (χ0n) is 11.4. The average molecular weight is 323 g/mol. The van der Waals surface area contributed by atoms with E-state index in [4.69, 9.17) is 0 Å². The Labute approximate surface area is 129 Å². The largest absolute Gasteiger partial charge is 0.325 e. The summed E-state index contributed by atoms with van der Waals surface area (Å²) >= 11 is 2.89. The fraction of sp³-hybridized carbons (Fsp3) is 0.231. The van der Waals surface area contributed by atoms with Crippen LogP contribution in [-0.4, -0.2) is 21.1 Å². The monoisotopic (exact) mass is 323 g/mol. The van der Waals surface area contributed by atoms with E-state index in [0.717, 1.165) is 10.0 Å². The second-order valence-electron chi connectivity index (χ2n) is 4.31. The van der Waals surface area contributed by atoms with E-state index in [1.807, 2.05) is 12.3 Å². The first kappa shape index (κ1) is 15.5. The van der Waals surface area contributed by atoms with Crippen molar-refractivity contribution in [1.29, 1.82) is 0 Å². The number of nitrogens with one attached hydrogen (secondary N) is 1. The van der Waals surface area contributed by atoms with Gasteiger partial charge in [-0.3, -0.25) is 14.9 Å². The van der Waals surface area contributed by atoms with E-state index >= 15 is 0 Å². The molecule has 1 atom stereocenters. The average Bonchev–Trinajstić information content (AvgIpc) is 2.84. The number of aromatic nitrogens is 1. The fourth-order valence-electron chi connectivity index (χ4n) is 1.50. The normalized spacial score (nSPS) is 11.9. The van der Waals surface area contributed by atoms with E-state index in [0.29, 0.717) is 5.69 Å². The molecule has 2 rings (SSSR count). The van der Waals surface area contributed by atoms with Crippen LogP contribution in [0.15, 0.2) is 34.0 Å². The Hall–Kier alpha value is -1.93. The molecule has 0 fully saturated rings. The zero-order valence-corrected chi connectivity index (χ0v) is 13.0. The molecule has 1 N–H and O–H groups in total. The SMILES string of the molecule is Cc1csc(SC(C)C(=O)Nc2ccc([N+](=O)[O-])cc2)n1. The lowest BCUT2D eigenvalue weighted by molar-refractivity contribution is -0.384. The minimum absolute atomic E-state index is 0.00585. The predicted octanol–water partition coefficient (Wildman–Crippen LogP) is 3.48. The number of anilines is 1. The van der Waals surface area contributed by atoms with Crippen molar-refractivity contribution in [2.45, 2.75) is 23.4 Å². The summed E-state index contributed by atoms with van der Waals surface area (Å²) in [5.41, 5.74) is 1.47. The Morgan fingerprint density at radius 2 is 2.10 bits per heavy atom. The van der Waals surface area contributed by atoms with E-state index in [2.05, 4.69) is 10.3 Å². The maximum Gasteiger partial charge on any atom is 0.269 e. The first-order valence-electron chi connectivity index (χ1n) is 6.10. The van der Waals surface area contributed by atoms with E-state index < -0.39 is 4.92 Å². The van der Waals surface area contributed by atoms with Gasteiger partial charge in [-0.15, -0.1) is 11.3 Å². The fourth-order valence-corrected chi connectivity index (χ4v) is 3.49. The van der Waals surface area contributed by atoms with E-state index in [-0.39, 0.29) is 16.8 Å². The van der Waals surface area contributed by atoms with Crippen molar-refractivity contribution in [2.24, 2.45) is 0 Å². The summed E-state index contributed by atoms with van der Waals surface area (Å²) in [6.45, 7) is 3.70. The maximum atomic E-state index is 12.1. The third-order valence-electron chi connectivity index (χ3n) is 2.59. The molecule has 0 radical (unpaired) electrons. The van der Waals surface area contributed by atoms with Gasteiger partial charge >= 0.3 is 0 Å². The van der Waals surface area contributed by atoms with Gasteiger partial charge in [0.15, 0.2) is 4.34 Å². The van der Waals surface area contributed by atoms with Crippen molar-refractivity contribution in [3.05, 3.63) is 45.5 Å². The number of nitro benzene ring substituents is 1. The van der Waals surface area contributed by atoms with Crippen LogP contribution in [-0.2, 0) is 4.79 Å².